The monoisotopic (exact) mass is 349 g/mol. The first kappa shape index (κ1) is 18.2. The molecule has 2 aromatic carbocycles. The molecule has 1 atom stereocenters. The van der Waals surface area contributed by atoms with E-state index in [2.05, 4.69) is 5.32 Å². The number of phenols is 3. The maximum Gasteiger partial charge on any atom is 0.251 e. The van der Waals surface area contributed by atoms with Crippen molar-refractivity contribution in [3.63, 3.8) is 0 Å². The number of methoxy groups -OCH3 is 2. The molecule has 0 aliphatic rings. The second-order valence-corrected chi connectivity index (χ2v) is 5.20. The first-order valence-corrected chi connectivity index (χ1v) is 7.30. The Hall–Kier alpha value is -3.13. The van der Waals surface area contributed by atoms with Gasteiger partial charge in [0.1, 0.15) is 0 Å². The number of hydrogen-bond donors (Lipinski definition) is 5. The van der Waals surface area contributed by atoms with Crippen LogP contribution >= 0.6 is 0 Å². The van der Waals surface area contributed by atoms with Gasteiger partial charge in [0.05, 0.1) is 20.3 Å². The van der Waals surface area contributed by atoms with Crippen molar-refractivity contribution in [2.24, 2.45) is 0 Å². The molecular weight excluding hydrogens is 330 g/mol. The molecule has 0 bridgehead atoms. The van der Waals surface area contributed by atoms with E-state index in [1.54, 1.807) is 18.2 Å². The zero-order valence-electron chi connectivity index (χ0n) is 13.7. The predicted molar refractivity (Wildman–Crippen MR) is 88.3 cm³/mol. The van der Waals surface area contributed by atoms with Gasteiger partial charge < -0.3 is 35.2 Å². The van der Waals surface area contributed by atoms with Crippen molar-refractivity contribution < 1.29 is 34.7 Å². The molecule has 5 N–H and O–H groups in total. The predicted octanol–water partition coefficient (Wildman–Crippen LogP) is 1.28. The van der Waals surface area contributed by atoms with Crippen molar-refractivity contribution >= 4 is 5.91 Å². The maximum atomic E-state index is 12.0. The molecule has 0 saturated carbocycles. The standard InChI is InChI=1S/C17H19NO7/c1-24-14-4-3-9(7-15(14)25-2)13(21)8-18-17(23)10-5-11(19)16(22)12(20)6-10/h3-7,13,19-22H,8H2,1-2H3,(H,18,23). The van der Waals surface area contributed by atoms with E-state index >= 15 is 0 Å². The number of aromatic hydroxyl groups is 3. The Labute approximate surface area is 143 Å². The van der Waals surface area contributed by atoms with Gasteiger partial charge in [0, 0.05) is 12.1 Å². The van der Waals surface area contributed by atoms with Crippen molar-refractivity contribution in [1.29, 1.82) is 0 Å². The molecule has 0 aliphatic carbocycles. The van der Waals surface area contributed by atoms with Crippen LogP contribution < -0.4 is 14.8 Å². The molecule has 0 spiro atoms. The van der Waals surface area contributed by atoms with E-state index < -0.39 is 29.3 Å². The van der Waals surface area contributed by atoms with Crippen molar-refractivity contribution in [3.8, 4) is 28.7 Å². The molecule has 1 unspecified atom stereocenters. The number of amides is 1. The minimum atomic E-state index is -1.01. The van der Waals surface area contributed by atoms with Crippen LogP contribution in [0.3, 0.4) is 0 Å². The van der Waals surface area contributed by atoms with Crippen LogP contribution in [0.4, 0.5) is 0 Å². The second-order valence-electron chi connectivity index (χ2n) is 5.20. The molecule has 134 valence electrons. The van der Waals surface area contributed by atoms with Crippen LogP contribution in [-0.4, -0.2) is 47.1 Å². The molecule has 0 fully saturated rings. The number of hydrogen-bond acceptors (Lipinski definition) is 7. The summed E-state index contributed by atoms with van der Waals surface area (Å²) in [6.07, 6.45) is -1.01. The van der Waals surface area contributed by atoms with Gasteiger partial charge in [-0.2, -0.15) is 0 Å². The third-order valence-electron chi connectivity index (χ3n) is 3.58. The van der Waals surface area contributed by atoms with Gasteiger partial charge in [-0.15, -0.1) is 0 Å². The highest BCUT2D eigenvalue weighted by Crippen LogP contribution is 2.35. The molecule has 0 saturated heterocycles. The van der Waals surface area contributed by atoms with Gasteiger partial charge in [0.25, 0.3) is 5.91 Å². The van der Waals surface area contributed by atoms with E-state index in [9.17, 15) is 25.2 Å². The average Bonchev–Trinajstić information content (AvgIpc) is 2.62. The Morgan fingerprint density at radius 1 is 1.04 bits per heavy atom. The number of phenolic OH excluding ortho intramolecular Hbond substituents is 3. The summed E-state index contributed by atoms with van der Waals surface area (Å²) in [5.41, 5.74) is 0.446. The molecule has 0 aromatic heterocycles. The summed E-state index contributed by atoms with van der Waals surface area (Å²) in [6.45, 7) is -0.114. The molecule has 8 heteroatoms. The summed E-state index contributed by atoms with van der Waals surface area (Å²) in [4.78, 5) is 12.0. The summed E-state index contributed by atoms with van der Waals surface area (Å²) >= 11 is 0. The third-order valence-corrected chi connectivity index (χ3v) is 3.58. The highest BCUT2D eigenvalue weighted by Gasteiger charge is 2.16. The lowest BCUT2D eigenvalue weighted by atomic mass is 10.1. The topological polar surface area (TPSA) is 128 Å². The van der Waals surface area contributed by atoms with E-state index in [1.807, 2.05) is 0 Å². The molecule has 2 rings (SSSR count). The van der Waals surface area contributed by atoms with Crippen LogP contribution in [0.25, 0.3) is 0 Å². The highest BCUT2D eigenvalue weighted by atomic mass is 16.5. The number of benzene rings is 2. The third kappa shape index (κ3) is 4.04. The Balaban J connectivity index is 2.07. The quantitative estimate of drug-likeness (QED) is 0.497. The number of aliphatic hydroxyl groups is 1. The van der Waals surface area contributed by atoms with Gasteiger partial charge in [-0.25, -0.2) is 0 Å². The van der Waals surface area contributed by atoms with Crippen LogP contribution in [0, 0.1) is 0 Å². The van der Waals surface area contributed by atoms with Crippen molar-refractivity contribution in [1.82, 2.24) is 5.32 Å². The van der Waals surface area contributed by atoms with E-state index in [4.69, 9.17) is 9.47 Å². The van der Waals surface area contributed by atoms with E-state index in [0.29, 0.717) is 17.1 Å². The zero-order valence-corrected chi connectivity index (χ0v) is 13.7. The Bertz CT molecular complexity index is 753. The number of rotatable bonds is 6. The molecule has 0 radical (unpaired) electrons. The molecular formula is C17H19NO7. The normalized spacial score (nSPS) is 11.6. The molecule has 0 aliphatic heterocycles. The molecule has 1 amide bonds. The van der Waals surface area contributed by atoms with Crippen LogP contribution in [0.5, 0.6) is 28.7 Å². The fourth-order valence-electron chi connectivity index (χ4n) is 2.20. The largest absolute Gasteiger partial charge is 0.504 e. The van der Waals surface area contributed by atoms with E-state index in [0.717, 1.165) is 12.1 Å². The van der Waals surface area contributed by atoms with Gasteiger partial charge in [-0.05, 0) is 29.8 Å². The zero-order chi connectivity index (χ0) is 18.6. The summed E-state index contributed by atoms with van der Waals surface area (Å²) < 4.78 is 10.3. The van der Waals surface area contributed by atoms with Gasteiger partial charge >= 0.3 is 0 Å². The Morgan fingerprint density at radius 2 is 1.64 bits per heavy atom. The van der Waals surface area contributed by atoms with Gasteiger partial charge in [0.2, 0.25) is 0 Å². The fourth-order valence-corrected chi connectivity index (χ4v) is 2.20. The summed E-state index contributed by atoms with van der Waals surface area (Å²) in [6, 6.07) is 6.87. The lowest BCUT2D eigenvalue weighted by Gasteiger charge is -2.15. The van der Waals surface area contributed by atoms with Crippen LogP contribution in [-0.2, 0) is 0 Å². The summed E-state index contributed by atoms with van der Waals surface area (Å²) in [5.74, 6) is -1.63. The molecule has 0 heterocycles. The molecule has 8 nitrogen and oxygen atoms in total. The van der Waals surface area contributed by atoms with Crippen molar-refractivity contribution in [2.75, 3.05) is 20.8 Å². The smallest absolute Gasteiger partial charge is 0.251 e. The maximum absolute atomic E-state index is 12.0. The minimum Gasteiger partial charge on any atom is -0.504 e. The number of carbonyl (C=O) groups excluding carboxylic acids is 1. The SMILES string of the molecule is COc1ccc(C(O)CNC(=O)c2cc(O)c(O)c(O)c2)cc1OC. The molecule has 2 aromatic rings. The van der Waals surface area contributed by atoms with Crippen molar-refractivity contribution in [3.05, 3.63) is 41.5 Å². The van der Waals surface area contributed by atoms with Crippen LogP contribution in [0.2, 0.25) is 0 Å². The first-order valence-electron chi connectivity index (χ1n) is 7.30. The summed E-state index contributed by atoms with van der Waals surface area (Å²) in [5, 5.41) is 40.8. The Kier molecular flexibility index (Phi) is 5.56. The van der Waals surface area contributed by atoms with Gasteiger partial charge in [-0.1, -0.05) is 6.07 Å². The second kappa shape index (κ2) is 7.63. The minimum absolute atomic E-state index is 0.0627. The average molecular weight is 349 g/mol. The van der Waals surface area contributed by atoms with Crippen molar-refractivity contribution in [2.45, 2.75) is 6.10 Å². The molecule has 25 heavy (non-hydrogen) atoms. The number of aliphatic hydroxyl groups excluding tert-OH is 1. The lowest BCUT2D eigenvalue weighted by molar-refractivity contribution is 0.0915. The Morgan fingerprint density at radius 3 is 2.20 bits per heavy atom. The van der Waals surface area contributed by atoms with Gasteiger partial charge in [-0.3, -0.25) is 4.79 Å². The number of nitrogens with one attached hydrogen (secondary N) is 1. The van der Waals surface area contributed by atoms with Crippen LogP contribution in [0.1, 0.15) is 22.0 Å². The van der Waals surface area contributed by atoms with E-state index in [1.165, 1.54) is 14.2 Å². The van der Waals surface area contributed by atoms with Gasteiger partial charge in [0.15, 0.2) is 28.7 Å². The highest BCUT2D eigenvalue weighted by molar-refractivity contribution is 5.95. The fraction of sp³-hybridized carbons (Fsp3) is 0.235. The first-order chi connectivity index (χ1) is 11.9. The number of carbonyl (C=O) groups is 1. The van der Waals surface area contributed by atoms with Crippen LogP contribution in [0.15, 0.2) is 30.3 Å². The summed E-state index contributed by atoms with van der Waals surface area (Å²) in [7, 11) is 2.97. The lowest BCUT2D eigenvalue weighted by Crippen LogP contribution is -2.28. The number of ether oxygens (including phenoxy) is 2. The van der Waals surface area contributed by atoms with E-state index in [-0.39, 0.29) is 12.1 Å².